The van der Waals surface area contributed by atoms with E-state index in [0.29, 0.717) is 10.8 Å². The van der Waals surface area contributed by atoms with Crippen molar-refractivity contribution in [1.82, 2.24) is 29.4 Å². The van der Waals surface area contributed by atoms with Crippen molar-refractivity contribution in [3.05, 3.63) is 59.2 Å². The fraction of sp³-hybridized carbons (Fsp3) is 0.217. The number of nitrogens with zero attached hydrogens (tertiary/aromatic N) is 6. The zero-order valence-corrected chi connectivity index (χ0v) is 18.3. The molecule has 0 N–H and O–H groups in total. The molecule has 0 unspecified atom stereocenters. The minimum absolute atomic E-state index is 0.674. The summed E-state index contributed by atoms with van der Waals surface area (Å²) < 4.78 is 9.14. The highest BCUT2D eigenvalue weighted by Gasteiger charge is 2.22. The fourth-order valence-electron chi connectivity index (χ4n) is 3.86. The molecule has 0 fully saturated rings. The van der Waals surface area contributed by atoms with Gasteiger partial charge in [-0.05, 0) is 55.0 Å². The number of hydrogen-bond donors (Lipinski definition) is 0. The molecule has 156 valence electrons. The Balaban J connectivity index is 1.86. The normalized spacial score (nSPS) is 11.5. The van der Waals surface area contributed by atoms with Gasteiger partial charge in [0.2, 0.25) is 0 Å². The maximum atomic E-state index is 6.14. The molecular weight excluding hydrogens is 412 g/mol. The van der Waals surface area contributed by atoms with E-state index in [4.69, 9.17) is 26.4 Å². The molecule has 0 aliphatic rings. The van der Waals surface area contributed by atoms with Gasteiger partial charge in [-0.1, -0.05) is 24.9 Å². The van der Waals surface area contributed by atoms with Crippen molar-refractivity contribution in [2.75, 3.05) is 7.11 Å². The number of fused-ring (bicyclic) bond motifs is 3. The molecule has 0 amide bonds. The van der Waals surface area contributed by atoms with Gasteiger partial charge >= 0.3 is 0 Å². The highest BCUT2D eigenvalue weighted by Crippen LogP contribution is 2.31. The van der Waals surface area contributed by atoms with E-state index in [1.807, 2.05) is 64.7 Å². The summed E-state index contributed by atoms with van der Waals surface area (Å²) in [6.07, 6.45) is 1.83. The Hall–Kier alpha value is -3.45. The minimum Gasteiger partial charge on any atom is -0.497 e. The summed E-state index contributed by atoms with van der Waals surface area (Å²) in [5.41, 5.74) is 5.26. The Morgan fingerprint density at radius 2 is 1.61 bits per heavy atom. The number of ether oxygens (including phenoxy) is 1. The first-order chi connectivity index (χ1) is 15.1. The summed E-state index contributed by atoms with van der Waals surface area (Å²) in [4.78, 5) is 5.07. The third kappa shape index (κ3) is 3.21. The van der Waals surface area contributed by atoms with E-state index in [2.05, 4.69) is 17.1 Å². The molecule has 7 nitrogen and oxygen atoms in total. The van der Waals surface area contributed by atoms with Crippen molar-refractivity contribution in [2.45, 2.75) is 19.8 Å². The van der Waals surface area contributed by atoms with Crippen molar-refractivity contribution in [2.24, 2.45) is 7.05 Å². The van der Waals surface area contributed by atoms with Crippen LogP contribution in [0.5, 0.6) is 5.75 Å². The first kappa shape index (κ1) is 19.5. The quantitative estimate of drug-likeness (QED) is 0.392. The molecule has 31 heavy (non-hydrogen) atoms. The van der Waals surface area contributed by atoms with Gasteiger partial charge in [-0.2, -0.15) is 5.10 Å². The molecule has 0 aliphatic carbocycles. The van der Waals surface area contributed by atoms with Crippen LogP contribution in [0.4, 0.5) is 0 Å². The molecule has 0 saturated heterocycles. The van der Waals surface area contributed by atoms with Gasteiger partial charge in [0.05, 0.1) is 12.8 Å². The van der Waals surface area contributed by atoms with E-state index in [9.17, 15) is 0 Å². The minimum atomic E-state index is 0.674. The van der Waals surface area contributed by atoms with Crippen LogP contribution in [0.15, 0.2) is 48.5 Å². The predicted octanol–water partition coefficient (Wildman–Crippen LogP) is 4.96. The lowest BCUT2D eigenvalue weighted by Crippen LogP contribution is -2.01. The van der Waals surface area contributed by atoms with E-state index in [1.165, 1.54) is 0 Å². The molecule has 0 atom stereocenters. The number of aromatic nitrogens is 6. The van der Waals surface area contributed by atoms with Gasteiger partial charge in [-0.25, -0.2) is 4.98 Å². The van der Waals surface area contributed by atoms with Crippen LogP contribution in [0.2, 0.25) is 5.02 Å². The number of benzene rings is 2. The molecule has 0 spiro atoms. The molecule has 0 aliphatic heterocycles. The zero-order chi connectivity index (χ0) is 21.5. The van der Waals surface area contributed by atoms with Crippen LogP contribution in [0, 0.1) is 0 Å². The third-order valence-electron chi connectivity index (χ3n) is 5.33. The average Bonchev–Trinajstić information content (AvgIpc) is 3.36. The fourth-order valence-corrected chi connectivity index (χ4v) is 3.98. The Labute approximate surface area is 184 Å². The van der Waals surface area contributed by atoms with E-state index in [1.54, 1.807) is 7.11 Å². The lowest BCUT2D eigenvalue weighted by Gasteiger charge is -2.10. The van der Waals surface area contributed by atoms with Crippen molar-refractivity contribution in [1.29, 1.82) is 0 Å². The van der Waals surface area contributed by atoms with E-state index in [-0.39, 0.29) is 0 Å². The second-order valence-electron chi connectivity index (χ2n) is 7.37. The standard InChI is InChI=1S/C23H21ClN6O/c1-4-5-18-19-20(29(2)28-18)23-27-26-22(15-8-12-17(31-3)13-9-15)30(23)21(25-19)14-6-10-16(24)11-7-14/h6-13H,4-5H2,1-3H3. The van der Waals surface area contributed by atoms with Gasteiger partial charge in [0.25, 0.3) is 0 Å². The molecule has 3 heterocycles. The Kier molecular flexibility index (Phi) is 4.82. The summed E-state index contributed by atoms with van der Waals surface area (Å²) in [5, 5.41) is 14.5. The maximum absolute atomic E-state index is 6.14. The van der Waals surface area contributed by atoms with Crippen molar-refractivity contribution >= 4 is 28.3 Å². The van der Waals surface area contributed by atoms with Crippen molar-refractivity contribution in [3.8, 4) is 28.5 Å². The molecule has 5 rings (SSSR count). The van der Waals surface area contributed by atoms with Gasteiger partial charge in [0.1, 0.15) is 22.6 Å². The molecule has 5 aromatic rings. The Bertz CT molecular complexity index is 1390. The van der Waals surface area contributed by atoms with E-state index >= 15 is 0 Å². The van der Waals surface area contributed by atoms with Crippen LogP contribution >= 0.6 is 11.6 Å². The number of halogens is 1. The van der Waals surface area contributed by atoms with Crippen LogP contribution in [0.25, 0.3) is 39.5 Å². The van der Waals surface area contributed by atoms with Crippen LogP contribution in [0.1, 0.15) is 19.0 Å². The molecule has 8 heteroatoms. The molecule has 0 saturated carbocycles. The van der Waals surface area contributed by atoms with Crippen molar-refractivity contribution in [3.63, 3.8) is 0 Å². The average molecular weight is 433 g/mol. The number of methoxy groups -OCH3 is 1. The van der Waals surface area contributed by atoms with Gasteiger partial charge in [-0.3, -0.25) is 9.08 Å². The monoisotopic (exact) mass is 432 g/mol. The SMILES string of the molecule is CCCc1nn(C)c2c1nc(-c1ccc(Cl)cc1)n1c(-c3ccc(OC)cc3)nnc21. The van der Waals surface area contributed by atoms with Gasteiger partial charge in [0.15, 0.2) is 11.5 Å². The first-order valence-corrected chi connectivity index (χ1v) is 10.5. The second kappa shape index (κ2) is 7.67. The van der Waals surface area contributed by atoms with Crippen LogP contribution in [0.3, 0.4) is 0 Å². The molecule has 3 aromatic heterocycles. The summed E-state index contributed by atoms with van der Waals surface area (Å²) in [7, 11) is 3.57. The second-order valence-corrected chi connectivity index (χ2v) is 7.81. The highest BCUT2D eigenvalue weighted by molar-refractivity contribution is 6.30. The predicted molar refractivity (Wildman–Crippen MR) is 121 cm³/mol. The van der Waals surface area contributed by atoms with Gasteiger partial charge in [0, 0.05) is 23.2 Å². The number of aryl methyl sites for hydroxylation is 2. The van der Waals surface area contributed by atoms with Gasteiger partial charge < -0.3 is 4.74 Å². The Morgan fingerprint density at radius 3 is 2.29 bits per heavy atom. The summed E-state index contributed by atoms with van der Waals surface area (Å²) in [6, 6.07) is 15.4. The summed E-state index contributed by atoms with van der Waals surface area (Å²) >= 11 is 6.14. The lowest BCUT2D eigenvalue weighted by molar-refractivity contribution is 0.415. The van der Waals surface area contributed by atoms with E-state index in [0.717, 1.165) is 57.9 Å². The summed E-state index contributed by atoms with van der Waals surface area (Å²) in [5.74, 6) is 2.24. The molecular formula is C23H21ClN6O. The Morgan fingerprint density at radius 1 is 0.935 bits per heavy atom. The van der Waals surface area contributed by atoms with Crippen molar-refractivity contribution < 1.29 is 4.74 Å². The zero-order valence-electron chi connectivity index (χ0n) is 17.5. The van der Waals surface area contributed by atoms with Crippen LogP contribution in [-0.4, -0.2) is 36.5 Å². The van der Waals surface area contributed by atoms with Crippen LogP contribution < -0.4 is 4.74 Å². The number of rotatable bonds is 5. The molecule has 0 radical (unpaired) electrons. The molecule has 0 bridgehead atoms. The maximum Gasteiger partial charge on any atom is 0.190 e. The topological polar surface area (TPSA) is 70.1 Å². The highest BCUT2D eigenvalue weighted by atomic mass is 35.5. The smallest absolute Gasteiger partial charge is 0.190 e. The number of hydrogen-bond acceptors (Lipinski definition) is 5. The van der Waals surface area contributed by atoms with Crippen LogP contribution in [-0.2, 0) is 13.5 Å². The third-order valence-corrected chi connectivity index (χ3v) is 5.59. The largest absolute Gasteiger partial charge is 0.497 e. The summed E-state index contributed by atoms with van der Waals surface area (Å²) in [6.45, 7) is 2.14. The molecule has 2 aromatic carbocycles. The first-order valence-electron chi connectivity index (χ1n) is 10.1. The lowest BCUT2D eigenvalue weighted by atomic mass is 10.1. The van der Waals surface area contributed by atoms with Gasteiger partial charge in [-0.15, -0.1) is 10.2 Å². The van der Waals surface area contributed by atoms with E-state index < -0.39 is 0 Å².